The molecule has 0 radical (unpaired) electrons. The Kier molecular flexibility index (Phi) is 6.86. The Morgan fingerprint density at radius 1 is 1.60 bits per heavy atom. The quantitative estimate of drug-likeness (QED) is 0.477. The molecular weight excluding hydrogens is 265 g/mol. The predicted molar refractivity (Wildman–Crippen MR) is 48.6 cm³/mol. The Hall–Kier alpha value is -0.970. The molecule has 5 heteroatoms. The topological polar surface area (TPSA) is 30.2 Å². The van der Waals surface area contributed by atoms with E-state index in [1.807, 2.05) is 0 Å². The fraction of sp³-hybridized carbons (Fsp3) is 0.400. The van der Waals surface area contributed by atoms with Gasteiger partial charge in [-0.25, -0.2) is 13.8 Å². The van der Waals surface area contributed by atoms with Crippen molar-refractivity contribution < 1.29 is 35.5 Å². The van der Waals surface area contributed by atoms with E-state index >= 15 is 0 Å². The van der Waals surface area contributed by atoms with E-state index in [2.05, 4.69) is 0 Å². The summed E-state index contributed by atoms with van der Waals surface area (Å²) < 4.78 is 18.5. The Balaban J connectivity index is 0.00000196. The molecule has 3 nitrogen and oxygen atoms in total. The van der Waals surface area contributed by atoms with E-state index in [0.29, 0.717) is 12.2 Å². The summed E-state index contributed by atoms with van der Waals surface area (Å²) in [6.45, 7) is 1.90. The predicted octanol–water partition coefficient (Wildman–Crippen LogP) is -1.88. The van der Waals surface area contributed by atoms with Crippen LogP contribution >= 0.6 is 0 Å². The zero-order valence-electron chi connectivity index (χ0n) is 8.45. The maximum atomic E-state index is 12.0. The summed E-state index contributed by atoms with van der Waals surface area (Å²) in [5.74, 6) is -0.374. The Labute approximate surface area is 98.6 Å². The second kappa shape index (κ2) is 7.34. The van der Waals surface area contributed by atoms with Crippen LogP contribution in [0.15, 0.2) is 24.5 Å². The van der Waals surface area contributed by atoms with E-state index in [-0.39, 0.29) is 29.5 Å². The smallest absolute Gasteiger partial charge is 0.344 e. The normalized spacial score (nSPS) is 9.20. The molecule has 0 aliphatic heterocycles. The molecule has 0 fully saturated rings. The number of carbonyl (C=O) groups is 1. The van der Waals surface area contributed by atoms with Crippen molar-refractivity contribution in [3.05, 3.63) is 30.1 Å². The second-order valence-corrected chi connectivity index (χ2v) is 2.74. The third-order valence-corrected chi connectivity index (χ3v) is 1.71. The summed E-state index contributed by atoms with van der Waals surface area (Å²) in [5, 5.41) is 0. The van der Waals surface area contributed by atoms with Gasteiger partial charge in [0.05, 0.1) is 6.61 Å². The van der Waals surface area contributed by atoms with Gasteiger partial charge in [-0.2, -0.15) is 0 Å². The number of alkyl halides is 1. The summed E-state index contributed by atoms with van der Waals surface area (Å²) in [6.07, 6.45) is 3.29. The number of carbonyl (C=O) groups excluding carboxylic acids is 1. The van der Waals surface area contributed by atoms with Gasteiger partial charge in [0.25, 0.3) is 0 Å². The highest BCUT2D eigenvalue weighted by molar-refractivity contribution is 5.88. The van der Waals surface area contributed by atoms with Gasteiger partial charge in [-0.05, 0) is 13.0 Å². The van der Waals surface area contributed by atoms with Crippen molar-refractivity contribution in [2.45, 2.75) is 13.5 Å². The first-order valence-corrected chi connectivity index (χ1v) is 4.50. The van der Waals surface area contributed by atoms with Gasteiger partial charge in [0.15, 0.2) is 18.9 Å². The highest BCUT2D eigenvalue weighted by Gasteiger charge is 2.10. The first-order chi connectivity index (χ1) is 6.77. The van der Waals surface area contributed by atoms with Gasteiger partial charge in [0.1, 0.15) is 12.2 Å². The molecule has 1 heterocycles. The molecule has 0 aromatic carbocycles. The van der Waals surface area contributed by atoms with Gasteiger partial charge in [0, 0.05) is 6.07 Å². The van der Waals surface area contributed by atoms with E-state index in [1.165, 1.54) is 0 Å². The maximum Gasteiger partial charge on any atom is 0.344 e. The number of hydrogen-bond acceptors (Lipinski definition) is 2. The SMILES string of the molecule is CCOC(=O)c1ccc[n+](CCF)c1.[Br-]. The molecule has 0 unspecified atom stereocenters. The lowest BCUT2D eigenvalue weighted by Crippen LogP contribution is -3.00. The highest BCUT2D eigenvalue weighted by atomic mass is 79.9. The first kappa shape index (κ1) is 14.0. The van der Waals surface area contributed by atoms with Crippen LogP contribution in [0.2, 0.25) is 0 Å². The van der Waals surface area contributed by atoms with E-state index in [1.54, 1.807) is 36.0 Å². The van der Waals surface area contributed by atoms with Crippen LogP contribution in [0.4, 0.5) is 4.39 Å². The summed E-state index contributed by atoms with van der Waals surface area (Å²) in [7, 11) is 0. The average molecular weight is 278 g/mol. The first-order valence-electron chi connectivity index (χ1n) is 4.50. The third-order valence-electron chi connectivity index (χ3n) is 1.71. The van der Waals surface area contributed by atoms with Gasteiger partial charge in [0.2, 0.25) is 0 Å². The van der Waals surface area contributed by atoms with Crippen molar-refractivity contribution in [2.24, 2.45) is 0 Å². The summed E-state index contributed by atoms with van der Waals surface area (Å²) >= 11 is 0. The van der Waals surface area contributed by atoms with E-state index in [0.717, 1.165) is 0 Å². The van der Waals surface area contributed by atoms with Crippen LogP contribution < -0.4 is 21.5 Å². The van der Waals surface area contributed by atoms with Crippen LogP contribution in [0.5, 0.6) is 0 Å². The molecule has 1 aromatic heterocycles. The second-order valence-electron chi connectivity index (χ2n) is 2.74. The molecule has 0 saturated heterocycles. The van der Waals surface area contributed by atoms with Crippen LogP contribution in [-0.2, 0) is 11.3 Å². The lowest BCUT2D eigenvalue weighted by Gasteiger charge is -1.99. The number of pyridine rings is 1. The van der Waals surface area contributed by atoms with Crippen LogP contribution in [0.1, 0.15) is 17.3 Å². The molecule has 0 amide bonds. The number of halogens is 2. The van der Waals surface area contributed by atoms with E-state index < -0.39 is 6.67 Å². The summed E-state index contributed by atoms with van der Waals surface area (Å²) in [4.78, 5) is 11.3. The monoisotopic (exact) mass is 277 g/mol. The number of nitrogens with zero attached hydrogens (tertiary/aromatic N) is 1. The average Bonchev–Trinajstić information content (AvgIpc) is 2.19. The number of hydrogen-bond donors (Lipinski definition) is 0. The molecule has 0 N–H and O–H groups in total. The van der Waals surface area contributed by atoms with Crippen LogP contribution in [-0.4, -0.2) is 19.3 Å². The molecule has 0 spiro atoms. The molecule has 0 aliphatic rings. The Morgan fingerprint density at radius 3 is 2.93 bits per heavy atom. The molecule has 1 rings (SSSR count). The van der Waals surface area contributed by atoms with Gasteiger partial charge < -0.3 is 21.7 Å². The minimum absolute atomic E-state index is 0. The van der Waals surface area contributed by atoms with Gasteiger partial charge in [-0.15, -0.1) is 0 Å². The van der Waals surface area contributed by atoms with Crippen molar-refractivity contribution in [1.82, 2.24) is 0 Å². The third kappa shape index (κ3) is 4.38. The van der Waals surface area contributed by atoms with Gasteiger partial charge in [-0.3, -0.25) is 0 Å². The number of aryl methyl sites for hydroxylation is 1. The number of aromatic nitrogens is 1. The summed E-state index contributed by atoms with van der Waals surface area (Å²) in [6, 6.07) is 3.34. The lowest BCUT2D eigenvalue weighted by atomic mass is 10.3. The standard InChI is InChI=1S/C10H13FNO2.BrH/c1-2-14-10(13)9-4-3-6-12(8-9)7-5-11;/h3-4,6,8H,2,5,7H2,1H3;1H/q+1;/p-1. The molecule has 15 heavy (non-hydrogen) atoms. The van der Waals surface area contributed by atoms with Crippen molar-refractivity contribution in [2.75, 3.05) is 13.3 Å². The van der Waals surface area contributed by atoms with Crippen molar-refractivity contribution >= 4 is 5.97 Å². The van der Waals surface area contributed by atoms with Crippen LogP contribution in [0, 0.1) is 0 Å². The van der Waals surface area contributed by atoms with E-state index in [4.69, 9.17) is 4.74 Å². The zero-order chi connectivity index (χ0) is 10.4. The lowest BCUT2D eigenvalue weighted by molar-refractivity contribution is -0.697. The van der Waals surface area contributed by atoms with E-state index in [9.17, 15) is 9.18 Å². The molecule has 1 aromatic rings. The molecule has 0 bridgehead atoms. The van der Waals surface area contributed by atoms with Gasteiger partial charge >= 0.3 is 5.97 Å². The largest absolute Gasteiger partial charge is 1.00 e. The number of esters is 1. The Bertz CT molecular complexity index is 320. The van der Waals surface area contributed by atoms with Crippen LogP contribution in [0.3, 0.4) is 0 Å². The summed E-state index contributed by atoms with van der Waals surface area (Å²) in [5.41, 5.74) is 0.447. The van der Waals surface area contributed by atoms with Crippen LogP contribution in [0.25, 0.3) is 0 Å². The molecule has 0 aliphatic carbocycles. The molecule has 84 valence electrons. The van der Waals surface area contributed by atoms with Crippen molar-refractivity contribution in [3.63, 3.8) is 0 Å². The zero-order valence-corrected chi connectivity index (χ0v) is 10.0. The van der Waals surface area contributed by atoms with Gasteiger partial charge in [-0.1, -0.05) is 0 Å². The van der Waals surface area contributed by atoms with Crippen molar-refractivity contribution in [1.29, 1.82) is 0 Å². The number of rotatable bonds is 4. The fourth-order valence-electron chi connectivity index (χ4n) is 1.09. The van der Waals surface area contributed by atoms with Crippen molar-refractivity contribution in [3.8, 4) is 0 Å². The molecule has 0 saturated carbocycles. The fourth-order valence-corrected chi connectivity index (χ4v) is 1.09. The maximum absolute atomic E-state index is 12.0. The minimum Gasteiger partial charge on any atom is -1.00 e. The Morgan fingerprint density at radius 2 is 2.33 bits per heavy atom. The minimum atomic E-state index is -0.447. The molecular formula is C10H13BrFNO2. The molecule has 0 atom stereocenters. The highest BCUT2D eigenvalue weighted by Crippen LogP contribution is 1.97. The number of ether oxygens (including phenoxy) is 1.